The molecule has 1 aliphatic rings. The third kappa shape index (κ3) is 2.91. The number of carbonyl (C=O) groups excluding carboxylic acids is 1. The highest BCUT2D eigenvalue weighted by Gasteiger charge is 2.28. The summed E-state index contributed by atoms with van der Waals surface area (Å²) in [5.41, 5.74) is 7.84. The molecule has 0 saturated carbocycles. The van der Waals surface area contributed by atoms with E-state index in [1.165, 1.54) is 0 Å². The van der Waals surface area contributed by atoms with Gasteiger partial charge in [-0.1, -0.05) is 18.2 Å². The van der Waals surface area contributed by atoms with Crippen molar-refractivity contribution in [3.05, 3.63) is 29.8 Å². The standard InChI is InChI=1S/C14H19N3O3/c1-16-13(18)8-9-17(16)12-5-3-2-4-10(12)11(15)6-7-14(19)20/h2-5,11H,6-9,15H2,1H3,(H,19,20). The number of aliphatic carboxylic acids is 1. The van der Waals surface area contributed by atoms with Crippen LogP contribution in [0.3, 0.4) is 0 Å². The van der Waals surface area contributed by atoms with E-state index < -0.39 is 5.97 Å². The number of rotatable bonds is 5. The topological polar surface area (TPSA) is 86.9 Å². The molecule has 1 atom stereocenters. The van der Waals surface area contributed by atoms with Crippen molar-refractivity contribution < 1.29 is 14.7 Å². The average molecular weight is 277 g/mol. The van der Waals surface area contributed by atoms with Gasteiger partial charge < -0.3 is 10.8 Å². The van der Waals surface area contributed by atoms with Gasteiger partial charge in [0.05, 0.1) is 5.69 Å². The minimum absolute atomic E-state index is 0.0320. The van der Waals surface area contributed by atoms with Crippen molar-refractivity contribution in [1.29, 1.82) is 0 Å². The van der Waals surface area contributed by atoms with Crippen LogP contribution < -0.4 is 10.7 Å². The van der Waals surface area contributed by atoms with Crippen LogP contribution >= 0.6 is 0 Å². The lowest BCUT2D eigenvalue weighted by Gasteiger charge is -2.29. The fraction of sp³-hybridized carbons (Fsp3) is 0.429. The van der Waals surface area contributed by atoms with Gasteiger partial charge in [-0.2, -0.15) is 0 Å². The second kappa shape index (κ2) is 5.92. The fourth-order valence-electron chi connectivity index (χ4n) is 2.40. The van der Waals surface area contributed by atoms with E-state index in [1.54, 1.807) is 12.1 Å². The zero-order valence-electron chi connectivity index (χ0n) is 11.5. The third-order valence-corrected chi connectivity index (χ3v) is 3.54. The van der Waals surface area contributed by atoms with Gasteiger partial charge >= 0.3 is 5.97 Å². The Hall–Kier alpha value is -2.08. The number of hydrogen-bond acceptors (Lipinski definition) is 4. The van der Waals surface area contributed by atoms with Crippen molar-refractivity contribution in [2.75, 3.05) is 18.6 Å². The number of carbonyl (C=O) groups is 2. The first kappa shape index (κ1) is 14.3. The van der Waals surface area contributed by atoms with Crippen LogP contribution in [0, 0.1) is 0 Å². The molecule has 1 fully saturated rings. The Morgan fingerprint density at radius 2 is 2.15 bits per heavy atom. The van der Waals surface area contributed by atoms with Crippen molar-refractivity contribution in [2.24, 2.45) is 5.73 Å². The van der Waals surface area contributed by atoms with E-state index >= 15 is 0 Å². The lowest BCUT2D eigenvalue weighted by molar-refractivity contribution is -0.137. The van der Waals surface area contributed by atoms with Crippen molar-refractivity contribution in [3.8, 4) is 0 Å². The number of carboxylic acids is 1. The van der Waals surface area contributed by atoms with Crippen molar-refractivity contribution in [1.82, 2.24) is 5.01 Å². The molecule has 3 N–H and O–H groups in total. The van der Waals surface area contributed by atoms with Crippen LogP contribution in [0.2, 0.25) is 0 Å². The highest BCUT2D eigenvalue weighted by molar-refractivity contribution is 5.82. The highest BCUT2D eigenvalue weighted by atomic mass is 16.4. The van der Waals surface area contributed by atoms with Crippen LogP contribution in [0.5, 0.6) is 0 Å². The summed E-state index contributed by atoms with van der Waals surface area (Å²) < 4.78 is 0. The Kier molecular flexibility index (Phi) is 4.24. The Labute approximate surface area is 117 Å². The molecule has 1 unspecified atom stereocenters. The van der Waals surface area contributed by atoms with Crippen molar-refractivity contribution in [3.63, 3.8) is 0 Å². The molecule has 6 nitrogen and oxygen atoms in total. The number of amides is 1. The molecular formula is C14H19N3O3. The molecular weight excluding hydrogens is 258 g/mol. The second-order valence-corrected chi connectivity index (χ2v) is 4.89. The van der Waals surface area contributed by atoms with Crippen LogP contribution in [-0.4, -0.2) is 35.6 Å². The lowest BCUT2D eigenvalue weighted by atomic mass is 10.0. The van der Waals surface area contributed by atoms with E-state index in [1.807, 2.05) is 29.3 Å². The monoisotopic (exact) mass is 277 g/mol. The maximum atomic E-state index is 11.6. The highest BCUT2D eigenvalue weighted by Crippen LogP contribution is 2.30. The van der Waals surface area contributed by atoms with Gasteiger partial charge in [0.2, 0.25) is 5.91 Å². The average Bonchev–Trinajstić information content (AvgIpc) is 2.76. The number of nitrogens with zero attached hydrogens (tertiary/aromatic N) is 2. The molecule has 2 rings (SSSR count). The number of carboxylic acid groups (broad SMARTS) is 1. The molecule has 0 aromatic heterocycles. The van der Waals surface area contributed by atoms with Crippen molar-refractivity contribution >= 4 is 17.6 Å². The lowest BCUT2D eigenvalue weighted by Crippen LogP contribution is -2.36. The van der Waals surface area contributed by atoms with E-state index in [4.69, 9.17) is 10.8 Å². The van der Waals surface area contributed by atoms with E-state index in [2.05, 4.69) is 0 Å². The molecule has 6 heteroatoms. The summed E-state index contributed by atoms with van der Waals surface area (Å²) >= 11 is 0. The Bertz CT molecular complexity index is 518. The predicted octanol–water partition coefficient (Wildman–Crippen LogP) is 1.13. The molecule has 1 saturated heterocycles. The minimum atomic E-state index is -0.855. The predicted molar refractivity (Wildman–Crippen MR) is 75.0 cm³/mol. The zero-order valence-corrected chi connectivity index (χ0v) is 11.5. The molecule has 0 radical (unpaired) electrons. The SMILES string of the molecule is CN1C(=O)CCN1c1ccccc1C(N)CCC(=O)O. The Morgan fingerprint density at radius 3 is 2.75 bits per heavy atom. The van der Waals surface area contributed by atoms with Crippen LogP contribution in [0.4, 0.5) is 5.69 Å². The molecule has 1 amide bonds. The summed E-state index contributed by atoms with van der Waals surface area (Å²) in [5, 5.41) is 12.2. The Morgan fingerprint density at radius 1 is 1.45 bits per heavy atom. The quantitative estimate of drug-likeness (QED) is 0.842. The zero-order chi connectivity index (χ0) is 14.7. The summed E-state index contributed by atoms with van der Waals surface area (Å²) in [4.78, 5) is 22.3. The van der Waals surface area contributed by atoms with Gasteiger partial charge in [-0.15, -0.1) is 0 Å². The molecule has 1 aromatic carbocycles. The first-order valence-electron chi connectivity index (χ1n) is 6.61. The molecule has 1 aromatic rings. The van der Waals surface area contributed by atoms with Crippen molar-refractivity contribution in [2.45, 2.75) is 25.3 Å². The minimum Gasteiger partial charge on any atom is -0.481 e. The van der Waals surface area contributed by atoms with E-state index in [0.29, 0.717) is 19.4 Å². The van der Waals surface area contributed by atoms with Crippen LogP contribution in [0.15, 0.2) is 24.3 Å². The molecule has 1 aliphatic heterocycles. The largest absolute Gasteiger partial charge is 0.481 e. The van der Waals surface area contributed by atoms with E-state index in [9.17, 15) is 9.59 Å². The molecule has 20 heavy (non-hydrogen) atoms. The fourth-order valence-corrected chi connectivity index (χ4v) is 2.40. The molecule has 108 valence electrons. The number of benzene rings is 1. The Balaban J connectivity index is 2.22. The molecule has 0 aliphatic carbocycles. The number of anilines is 1. The summed E-state index contributed by atoms with van der Waals surface area (Å²) in [6.07, 6.45) is 0.886. The van der Waals surface area contributed by atoms with Crippen LogP contribution in [0.1, 0.15) is 30.9 Å². The van der Waals surface area contributed by atoms with Gasteiger partial charge in [0.1, 0.15) is 0 Å². The molecule has 0 spiro atoms. The van der Waals surface area contributed by atoms with Crippen LogP contribution in [-0.2, 0) is 9.59 Å². The van der Waals surface area contributed by atoms with Gasteiger partial charge in [-0.25, -0.2) is 0 Å². The normalized spacial score (nSPS) is 16.6. The summed E-state index contributed by atoms with van der Waals surface area (Å²) in [5.74, 6) is -0.787. The summed E-state index contributed by atoms with van der Waals surface area (Å²) in [7, 11) is 1.73. The number of para-hydroxylation sites is 1. The van der Waals surface area contributed by atoms with E-state index in [-0.39, 0.29) is 18.4 Å². The van der Waals surface area contributed by atoms with Gasteiger partial charge in [-0.3, -0.25) is 19.6 Å². The van der Waals surface area contributed by atoms with E-state index in [0.717, 1.165) is 11.3 Å². The van der Waals surface area contributed by atoms with Gasteiger partial charge in [0, 0.05) is 32.5 Å². The maximum absolute atomic E-state index is 11.6. The van der Waals surface area contributed by atoms with Gasteiger partial charge in [0.15, 0.2) is 0 Å². The maximum Gasteiger partial charge on any atom is 0.303 e. The first-order chi connectivity index (χ1) is 9.50. The second-order valence-electron chi connectivity index (χ2n) is 4.89. The van der Waals surface area contributed by atoms with Gasteiger partial charge in [-0.05, 0) is 18.1 Å². The number of nitrogens with two attached hydrogens (primary N) is 1. The first-order valence-corrected chi connectivity index (χ1v) is 6.61. The smallest absolute Gasteiger partial charge is 0.303 e. The number of hydrazine groups is 1. The van der Waals surface area contributed by atoms with Gasteiger partial charge in [0.25, 0.3) is 0 Å². The number of hydrogen-bond donors (Lipinski definition) is 2. The molecule has 1 heterocycles. The molecule has 0 bridgehead atoms. The summed E-state index contributed by atoms with van der Waals surface area (Å²) in [6, 6.07) is 7.20. The third-order valence-electron chi connectivity index (χ3n) is 3.54. The summed E-state index contributed by atoms with van der Waals surface area (Å²) in [6.45, 7) is 0.623. The van der Waals surface area contributed by atoms with Crippen LogP contribution in [0.25, 0.3) is 0 Å².